The molecule has 0 bridgehead atoms. The van der Waals surface area contributed by atoms with Gasteiger partial charge in [0, 0.05) is 14.6 Å². The number of hydrogen-bond donors (Lipinski definition) is 2. The Bertz CT molecular complexity index is 637. The van der Waals surface area contributed by atoms with Crippen LogP contribution in [0.3, 0.4) is 0 Å². The number of thiophene rings is 2. The zero-order valence-electron chi connectivity index (χ0n) is 9.68. The fourth-order valence-electron chi connectivity index (χ4n) is 1.74. The van der Waals surface area contributed by atoms with Crippen LogP contribution in [0.5, 0.6) is 0 Å². The lowest BCUT2D eigenvalue weighted by Gasteiger charge is -1.98. The first-order valence-corrected chi connectivity index (χ1v) is 6.72. The van der Waals surface area contributed by atoms with Crippen LogP contribution in [0.2, 0.25) is 0 Å². The summed E-state index contributed by atoms with van der Waals surface area (Å²) < 4.78 is 0. The number of hydrogen-bond acceptors (Lipinski definition) is 4. The second kappa shape index (κ2) is 4.55. The Labute approximate surface area is 111 Å². The van der Waals surface area contributed by atoms with E-state index in [2.05, 4.69) is 0 Å². The van der Waals surface area contributed by atoms with E-state index in [1.165, 1.54) is 22.7 Å². The molecule has 2 aromatic heterocycles. The zero-order chi connectivity index (χ0) is 13.4. The monoisotopic (exact) mass is 282 g/mol. The van der Waals surface area contributed by atoms with Crippen LogP contribution in [-0.4, -0.2) is 22.2 Å². The lowest BCUT2D eigenvalue weighted by Crippen LogP contribution is -2.06. The molecular formula is C12H10O4S2. The van der Waals surface area contributed by atoms with Crippen LogP contribution in [0.15, 0.2) is 12.1 Å². The lowest BCUT2D eigenvalue weighted by molar-refractivity contribution is 0.0653. The third kappa shape index (κ3) is 2.04. The molecule has 0 aliphatic carbocycles. The van der Waals surface area contributed by atoms with Crippen molar-refractivity contribution in [2.24, 2.45) is 0 Å². The van der Waals surface area contributed by atoms with Gasteiger partial charge in [-0.1, -0.05) is 0 Å². The molecule has 0 aliphatic rings. The summed E-state index contributed by atoms with van der Waals surface area (Å²) in [6.07, 6.45) is 0. The van der Waals surface area contributed by atoms with E-state index in [9.17, 15) is 14.7 Å². The molecule has 0 atom stereocenters. The minimum absolute atomic E-state index is 0.103. The van der Waals surface area contributed by atoms with Crippen molar-refractivity contribution in [2.75, 3.05) is 0 Å². The first-order valence-electron chi connectivity index (χ1n) is 5.08. The molecule has 0 saturated carbocycles. The van der Waals surface area contributed by atoms with Crippen LogP contribution in [0.1, 0.15) is 30.5 Å². The zero-order valence-corrected chi connectivity index (χ0v) is 11.3. The van der Waals surface area contributed by atoms with Crippen LogP contribution in [-0.2, 0) is 0 Å². The van der Waals surface area contributed by atoms with Gasteiger partial charge in [-0.05, 0) is 26.0 Å². The van der Waals surface area contributed by atoms with Crippen LogP contribution in [0, 0.1) is 13.8 Å². The standard InChI is InChI=1S/C12H10O4S2/c1-5-3-4-7(17-5)10-9(12(15)16)8(11(13)14)6(2)18-10/h3-4H,1-2H3,(H,13,14)(H,15,16). The summed E-state index contributed by atoms with van der Waals surface area (Å²) >= 11 is 2.67. The van der Waals surface area contributed by atoms with E-state index in [-0.39, 0.29) is 11.1 Å². The van der Waals surface area contributed by atoms with Gasteiger partial charge in [0.1, 0.15) is 0 Å². The molecule has 18 heavy (non-hydrogen) atoms. The van der Waals surface area contributed by atoms with Crippen molar-refractivity contribution in [3.05, 3.63) is 33.0 Å². The molecule has 2 heterocycles. The van der Waals surface area contributed by atoms with E-state index in [0.29, 0.717) is 9.75 Å². The molecule has 0 aromatic carbocycles. The highest BCUT2D eigenvalue weighted by molar-refractivity contribution is 7.22. The van der Waals surface area contributed by atoms with E-state index < -0.39 is 11.9 Å². The lowest BCUT2D eigenvalue weighted by atomic mass is 10.1. The summed E-state index contributed by atoms with van der Waals surface area (Å²) in [7, 11) is 0. The van der Waals surface area contributed by atoms with Crippen LogP contribution in [0.4, 0.5) is 0 Å². The van der Waals surface area contributed by atoms with E-state index in [1.807, 2.05) is 19.1 Å². The van der Waals surface area contributed by atoms with Gasteiger partial charge in [0.05, 0.1) is 16.0 Å². The van der Waals surface area contributed by atoms with Crippen molar-refractivity contribution >= 4 is 34.6 Å². The molecular weight excluding hydrogens is 272 g/mol. The Morgan fingerprint density at radius 2 is 1.61 bits per heavy atom. The molecule has 0 fully saturated rings. The molecule has 0 saturated heterocycles. The Balaban J connectivity index is 2.72. The minimum atomic E-state index is -1.20. The Kier molecular flexibility index (Phi) is 3.23. The maximum Gasteiger partial charge on any atom is 0.338 e. The molecule has 94 valence electrons. The van der Waals surface area contributed by atoms with Gasteiger partial charge in [-0.15, -0.1) is 22.7 Å². The Morgan fingerprint density at radius 3 is 2.06 bits per heavy atom. The van der Waals surface area contributed by atoms with E-state index >= 15 is 0 Å². The minimum Gasteiger partial charge on any atom is -0.478 e. The molecule has 6 heteroatoms. The Hall–Kier alpha value is -1.66. The van der Waals surface area contributed by atoms with E-state index in [4.69, 9.17) is 5.11 Å². The highest BCUT2D eigenvalue weighted by Crippen LogP contribution is 2.39. The van der Waals surface area contributed by atoms with Gasteiger partial charge in [0.15, 0.2) is 0 Å². The van der Waals surface area contributed by atoms with Gasteiger partial charge in [-0.3, -0.25) is 0 Å². The molecule has 0 amide bonds. The predicted octanol–water partition coefficient (Wildman–Crippen LogP) is 3.49. The quantitative estimate of drug-likeness (QED) is 0.903. The van der Waals surface area contributed by atoms with Crippen molar-refractivity contribution in [2.45, 2.75) is 13.8 Å². The molecule has 4 nitrogen and oxygen atoms in total. The van der Waals surface area contributed by atoms with E-state index in [1.54, 1.807) is 6.92 Å². The first-order chi connectivity index (χ1) is 8.41. The molecule has 2 aromatic rings. The maximum atomic E-state index is 11.3. The summed E-state index contributed by atoms with van der Waals surface area (Å²) in [5.74, 6) is -2.39. The predicted molar refractivity (Wildman–Crippen MR) is 71.0 cm³/mol. The largest absolute Gasteiger partial charge is 0.478 e. The summed E-state index contributed by atoms with van der Waals surface area (Å²) in [5.41, 5.74) is -0.208. The van der Waals surface area contributed by atoms with Gasteiger partial charge in [-0.2, -0.15) is 0 Å². The van der Waals surface area contributed by atoms with Crippen molar-refractivity contribution in [3.63, 3.8) is 0 Å². The van der Waals surface area contributed by atoms with Crippen molar-refractivity contribution < 1.29 is 19.8 Å². The number of carboxylic acids is 2. The summed E-state index contributed by atoms with van der Waals surface area (Å²) in [5, 5.41) is 18.3. The van der Waals surface area contributed by atoms with E-state index in [0.717, 1.165) is 9.75 Å². The smallest absolute Gasteiger partial charge is 0.338 e. The summed E-state index contributed by atoms with van der Waals surface area (Å²) in [6, 6.07) is 3.71. The second-order valence-corrected chi connectivity index (χ2v) is 6.27. The fourth-order valence-corrected chi connectivity index (χ4v) is 3.86. The Morgan fingerprint density at radius 1 is 1.00 bits per heavy atom. The van der Waals surface area contributed by atoms with Crippen LogP contribution < -0.4 is 0 Å². The number of carboxylic acid groups (broad SMARTS) is 2. The highest BCUT2D eigenvalue weighted by Gasteiger charge is 2.27. The van der Waals surface area contributed by atoms with Gasteiger partial charge in [-0.25, -0.2) is 9.59 Å². The molecule has 0 aliphatic heterocycles. The van der Waals surface area contributed by atoms with Crippen LogP contribution >= 0.6 is 22.7 Å². The van der Waals surface area contributed by atoms with Gasteiger partial charge < -0.3 is 10.2 Å². The molecule has 2 rings (SSSR count). The van der Waals surface area contributed by atoms with Crippen molar-refractivity contribution in [1.29, 1.82) is 0 Å². The summed E-state index contributed by atoms with van der Waals surface area (Å²) in [4.78, 5) is 25.3. The van der Waals surface area contributed by atoms with Crippen molar-refractivity contribution in [1.82, 2.24) is 0 Å². The normalized spacial score (nSPS) is 10.6. The second-order valence-electron chi connectivity index (χ2n) is 3.76. The SMILES string of the molecule is Cc1ccc(-c2sc(C)c(C(=O)O)c2C(=O)O)s1. The molecule has 0 unspecified atom stereocenters. The average Bonchev–Trinajstić information content (AvgIpc) is 2.81. The van der Waals surface area contributed by atoms with Gasteiger partial charge >= 0.3 is 11.9 Å². The molecule has 0 radical (unpaired) electrons. The van der Waals surface area contributed by atoms with Crippen LogP contribution in [0.25, 0.3) is 9.75 Å². The average molecular weight is 282 g/mol. The van der Waals surface area contributed by atoms with Gasteiger partial charge in [0.25, 0.3) is 0 Å². The number of aromatic carboxylic acids is 2. The molecule has 2 N–H and O–H groups in total. The van der Waals surface area contributed by atoms with Crippen molar-refractivity contribution in [3.8, 4) is 9.75 Å². The number of aryl methyl sites for hydroxylation is 2. The van der Waals surface area contributed by atoms with Gasteiger partial charge in [0.2, 0.25) is 0 Å². The topological polar surface area (TPSA) is 74.6 Å². The summed E-state index contributed by atoms with van der Waals surface area (Å²) in [6.45, 7) is 3.55. The third-order valence-electron chi connectivity index (χ3n) is 2.48. The molecule has 0 spiro atoms. The number of carbonyl (C=O) groups is 2. The fraction of sp³-hybridized carbons (Fsp3) is 0.167. The third-order valence-corrected chi connectivity index (χ3v) is 4.76. The first kappa shape index (κ1) is 12.8. The maximum absolute atomic E-state index is 11.3. The highest BCUT2D eigenvalue weighted by atomic mass is 32.1. The number of rotatable bonds is 3.